The molecule has 1 aromatic heterocycles. The van der Waals surface area contributed by atoms with Gasteiger partial charge in [0.15, 0.2) is 17.3 Å². The molecule has 0 spiro atoms. The van der Waals surface area contributed by atoms with Crippen molar-refractivity contribution in [3.05, 3.63) is 47.8 Å². The molecule has 112 valence electrons. The molecule has 0 amide bonds. The Labute approximate surface area is 125 Å². The fourth-order valence-corrected chi connectivity index (χ4v) is 2.27. The van der Waals surface area contributed by atoms with Gasteiger partial charge in [-0.2, -0.15) is 0 Å². The van der Waals surface area contributed by atoms with Gasteiger partial charge in [-0.3, -0.25) is 4.79 Å². The van der Waals surface area contributed by atoms with Crippen LogP contribution in [-0.4, -0.2) is 24.6 Å². The Hall–Kier alpha value is -2.23. The Kier molecular flexibility index (Phi) is 5.04. The fraction of sp³-hybridized carbons (Fsp3) is 0.353. The van der Waals surface area contributed by atoms with Crippen molar-refractivity contribution in [3.8, 4) is 11.5 Å². The molecular weight excluding hydrogens is 266 g/mol. The van der Waals surface area contributed by atoms with E-state index in [1.54, 1.807) is 14.2 Å². The maximum atomic E-state index is 11.8. The molecule has 0 bridgehead atoms. The van der Waals surface area contributed by atoms with Gasteiger partial charge < -0.3 is 14.0 Å². The average molecular weight is 287 g/mol. The van der Waals surface area contributed by atoms with E-state index >= 15 is 0 Å². The summed E-state index contributed by atoms with van der Waals surface area (Å²) in [6.07, 6.45) is 5.30. The van der Waals surface area contributed by atoms with E-state index in [9.17, 15) is 4.79 Å². The van der Waals surface area contributed by atoms with Crippen molar-refractivity contribution in [1.29, 1.82) is 0 Å². The van der Waals surface area contributed by atoms with Crippen molar-refractivity contribution in [2.45, 2.75) is 26.3 Å². The van der Waals surface area contributed by atoms with Gasteiger partial charge in [0.05, 0.1) is 14.2 Å². The molecule has 1 aromatic carbocycles. The minimum atomic E-state index is 0.198. The zero-order valence-electron chi connectivity index (χ0n) is 12.8. The standard InChI is InChI=1S/C17H21NO3/c1-4-5-15(19)14-8-9-18(12-14)11-13-6-7-16(20-2)17(10-13)21-3/h6-10,12H,4-5,11H2,1-3H3. The lowest BCUT2D eigenvalue weighted by molar-refractivity contribution is 0.0981. The molecule has 0 unspecified atom stereocenters. The highest BCUT2D eigenvalue weighted by Gasteiger charge is 2.08. The summed E-state index contributed by atoms with van der Waals surface area (Å²) in [7, 11) is 3.24. The maximum absolute atomic E-state index is 11.8. The Balaban J connectivity index is 2.13. The number of hydrogen-bond donors (Lipinski definition) is 0. The number of rotatable bonds is 7. The predicted octanol–water partition coefficient (Wildman–Crippen LogP) is 3.54. The molecule has 0 fully saturated rings. The van der Waals surface area contributed by atoms with Crippen molar-refractivity contribution in [2.75, 3.05) is 14.2 Å². The molecule has 0 saturated carbocycles. The zero-order valence-corrected chi connectivity index (χ0v) is 12.8. The molecule has 0 saturated heterocycles. The predicted molar refractivity (Wildman–Crippen MR) is 82.3 cm³/mol. The summed E-state index contributed by atoms with van der Waals surface area (Å²) in [5, 5.41) is 0. The van der Waals surface area contributed by atoms with Crippen molar-refractivity contribution in [2.24, 2.45) is 0 Å². The molecule has 2 aromatic rings. The molecule has 4 nitrogen and oxygen atoms in total. The molecule has 1 heterocycles. The van der Waals surface area contributed by atoms with Gasteiger partial charge in [-0.25, -0.2) is 0 Å². The third kappa shape index (κ3) is 3.66. The number of benzene rings is 1. The largest absolute Gasteiger partial charge is 0.493 e. The van der Waals surface area contributed by atoms with Crippen molar-refractivity contribution in [1.82, 2.24) is 4.57 Å². The molecule has 0 aliphatic rings. The Morgan fingerprint density at radius 3 is 2.57 bits per heavy atom. The topological polar surface area (TPSA) is 40.5 Å². The van der Waals surface area contributed by atoms with Gasteiger partial charge in [0.25, 0.3) is 0 Å². The van der Waals surface area contributed by atoms with Crippen LogP contribution in [0.3, 0.4) is 0 Å². The number of nitrogens with zero attached hydrogens (tertiary/aromatic N) is 1. The maximum Gasteiger partial charge on any atom is 0.164 e. The van der Waals surface area contributed by atoms with Crippen LogP contribution in [-0.2, 0) is 6.54 Å². The van der Waals surface area contributed by atoms with Crippen LogP contribution in [0.4, 0.5) is 0 Å². The van der Waals surface area contributed by atoms with E-state index in [0.29, 0.717) is 24.5 Å². The molecule has 0 radical (unpaired) electrons. The quantitative estimate of drug-likeness (QED) is 0.731. The Morgan fingerprint density at radius 2 is 1.90 bits per heavy atom. The van der Waals surface area contributed by atoms with Crippen LogP contribution >= 0.6 is 0 Å². The first-order chi connectivity index (χ1) is 10.2. The van der Waals surface area contributed by atoms with Crippen LogP contribution in [0.1, 0.15) is 35.7 Å². The Bertz CT molecular complexity index is 616. The zero-order chi connectivity index (χ0) is 15.2. The summed E-state index contributed by atoms with van der Waals surface area (Å²) in [5.74, 6) is 1.63. The highest BCUT2D eigenvalue weighted by molar-refractivity contribution is 5.95. The van der Waals surface area contributed by atoms with E-state index in [2.05, 4.69) is 0 Å². The number of carbonyl (C=O) groups is 1. The lowest BCUT2D eigenvalue weighted by Gasteiger charge is -2.10. The summed E-state index contributed by atoms with van der Waals surface area (Å²) >= 11 is 0. The molecule has 4 heteroatoms. The minimum Gasteiger partial charge on any atom is -0.493 e. The Morgan fingerprint density at radius 1 is 1.14 bits per heavy atom. The van der Waals surface area contributed by atoms with E-state index in [1.807, 2.05) is 48.1 Å². The van der Waals surface area contributed by atoms with E-state index < -0.39 is 0 Å². The number of aromatic nitrogens is 1. The van der Waals surface area contributed by atoms with Crippen molar-refractivity contribution >= 4 is 5.78 Å². The van der Waals surface area contributed by atoms with Crippen LogP contribution in [0.25, 0.3) is 0 Å². The van der Waals surface area contributed by atoms with Gasteiger partial charge >= 0.3 is 0 Å². The van der Waals surface area contributed by atoms with E-state index in [4.69, 9.17) is 9.47 Å². The number of ketones is 1. The van der Waals surface area contributed by atoms with Crippen LogP contribution in [0, 0.1) is 0 Å². The van der Waals surface area contributed by atoms with E-state index in [1.165, 1.54) is 0 Å². The first-order valence-corrected chi connectivity index (χ1v) is 7.07. The van der Waals surface area contributed by atoms with Crippen molar-refractivity contribution in [3.63, 3.8) is 0 Å². The van der Waals surface area contributed by atoms with Gasteiger partial charge in [-0.05, 0) is 30.2 Å². The van der Waals surface area contributed by atoms with Crippen molar-refractivity contribution < 1.29 is 14.3 Å². The molecule has 0 aliphatic carbocycles. The van der Waals surface area contributed by atoms with Gasteiger partial charge in [0.1, 0.15) is 0 Å². The molecule has 2 rings (SSSR count). The first kappa shape index (κ1) is 15.2. The summed E-state index contributed by atoms with van der Waals surface area (Å²) in [6, 6.07) is 7.71. The highest BCUT2D eigenvalue weighted by Crippen LogP contribution is 2.27. The summed E-state index contributed by atoms with van der Waals surface area (Å²) in [5.41, 5.74) is 1.87. The van der Waals surface area contributed by atoms with Crippen LogP contribution < -0.4 is 9.47 Å². The molecule has 0 N–H and O–H groups in total. The van der Waals surface area contributed by atoms with Gasteiger partial charge in [-0.15, -0.1) is 0 Å². The smallest absolute Gasteiger partial charge is 0.164 e. The molecule has 0 atom stereocenters. The van der Waals surface area contributed by atoms with Gasteiger partial charge in [0, 0.05) is 30.9 Å². The number of methoxy groups -OCH3 is 2. The number of hydrogen-bond acceptors (Lipinski definition) is 3. The second kappa shape index (κ2) is 6.97. The molecule has 0 aliphatic heterocycles. The fourth-order valence-electron chi connectivity index (χ4n) is 2.27. The minimum absolute atomic E-state index is 0.198. The van der Waals surface area contributed by atoms with E-state index in [-0.39, 0.29) is 5.78 Å². The number of Topliss-reactive ketones (excluding diaryl/α,β-unsaturated/α-hetero) is 1. The first-order valence-electron chi connectivity index (χ1n) is 7.07. The third-order valence-electron chi connectivity index (χ3n) is 3.36. The monoisotopic (exact) mass is 287 g/mol. The number of carbonyl (C=O) groups excluding carboxylic acids is 1. The van der Waals surface area contributed by atoms with Crippen LogP contribution in [0.5, 0.6) is 11.5 Å². The lowest BCUT2D eigenvalue weighted by atomic mass is 10.1. The lowest BCUT2D eigenvalue weighted by Crippen LogP contribution is -2.00. The molecule has 21 heavy (non-hydrogen) atoms. The average Bonchev–Trinajstić information content (AvgIpc) is 2.96. The van der Waals surface area contributed by atoms with Gasteiger partial charge in [0.2, 0.25) is 0 Å². The van der Waals surface area contributed by atoms with Crippen LogP contribution in [0.15, 0.2) is 36.7 Å². The second-order valence-corrected chi connectivity index (χ2v) is 4.94. The van der Waals surface area contributed by atoms with E-state index in [0.717, 1.165) is 17.5 Å². The SMILES string of the molecule is CCCC(=O)c1ccn(Cc2ccc(OC)c(OC)c2)c1. The summed E-state index contributed by atoms with van der Waals surface area (Å²) < 4.78 is 12.5. The summed E-state index contributed by atoms with van der Waals surface area (Å²) in [4.78, 5) is 11.8. The second-order valence-electron chi connectivity index (χ2n) is 4.94. The van der Waals surface area contributed by atoms with Crippen LogP contribution in [0.2, 0.25) is 0 Å². The normalized spacial score (nSPS) is 10.4. The molecular formula is C17H21NO3. The summed E-state index contributed by atoms with van der Waals surface area (Å²) in [6.45, 7) is 2.71. The third-order valence-corrected chi connectivity index (χ3v) is 3.36. The highest BCUT2D eigenvalue weighted by atomic mass is 16.5. The van der Waals surface area contributed by atoms with Gasteiger partial charge in [-0.1, -0.05) is 13.0 Å². The number of ether oxygens (including phenoxy) is 2.